The molecule has 1 atom stereocenters. The van der Waals surface area contributed by atoms with E-state index in [1.54, 1.807) is 19.2 Å². The molecule has 0 spiro atoms. The normalized spacial score (nSPS) is 12.1. The number of carbonyl (C=O) groups is 1. The van der Waals surface area contributed by atoms with Crippen LogP contribution in [0.4, 0.5) is 0 Å². The Morgan fingerprint density at radius 1 is 1.10 bits per heavy atom. The van der Waals surface area contributed by atoms with Crippen LogP contribution in [-0.2, 0) is 6.54 Å². The minimum absolute atomic E-state index is 0.127. The Hall–Kier alpha value is -2.82. The number of unbranched alkanes of at least 4 members (excludes halogenated alkanes) is 4. The molecule has 0 aliphatic heterocycles. The molecule has 1 amide bonds. The zero-order chi connectivity index (χ0) is 20.6. The molecular formula is C24H31N3O2. The quantitative estimate of drug-likeness (QED) is 0.462. The van der Waals surface area contributed by atoms with Gasteiger partial charge < -0.3 is 14.6 Å². The third kappa shape index (κ3) is 5.17. The van der Waals surface area contributed by atoms with E-state index in [0.29, 0.717) is 11.3 Å². The lowest BCUT2D eigenvalue weighted by molar-refractivity contribution is 0.0937. The molecule has 0 aliphatic carbocycles. The number of carbonyl (C=O) groups excluding carboxylic acids is 1. The number of methoxy groups -OCH3 is 1. The fraction of sp³-hybridized carbons (Fsp3) is 0.417. The highest BCUT2D eigenvalue weighted by Crippen LogP contribution is 2.22. The van der Waals surface area contributed by atoms with Crippen LogP contribution in [0.2, 0.25) is 0 Å². The minimum atomic E-state index is -0.197. The number of nitrogens with zero attached hydrogens (tertiary/aromatic N) is 2. The van der Waals surface area contributed by atoms with E-state index in [-0.39, 0.29) is 11.9 Å². The van der Waals surface area contributed by atoms with Gasteiger partial charge in [0, 0.05) is 12.1 Å². The van der Waals surface area contributed by atoms with Crippen LogP contribution in [0.1, 0.15) is 68.2 Å². The molecule has 5 heteroatoms. The number of hydrogen-bond donors (Lipinski definition) is 1. The van der Waals surface area contributed by atoms with Gasteiger partial charge in [-0.05, 0) is 43.7 Å². The Labute approximate surface area is 173 Å². The molecule has 0 fully saturated rings. The standard InChI is InChI=1S/C24H31N3O2/c1-4-5-6-7-10-16-27-22-15-9-8-14-21(22)26-23(27)18(2)25-24(28)19-12-11-13-20(17-19)29-3/h8-9,11-15,17-18H,4-7,10,16H2,1-3H3,(H,25,28). The first-order chi connectivity index (χ1) is 14.1. The van der Waals surface area contributed by atoms with Gasteiger partial charge in [0.2, 0.25) is 0 Å². The molecular weight excluding hydrogens is 362 g/mol. The van der Waals surface area contributed by atoms with Crippen LogP contribution >= 0.6 is 0 Å². The number of aromatic nitrogens is 2. The molecule has 1 unspecified atom stereocenters. The summed E-state index contributed by atoms with van der Waals surface area (Å²) in [4.78, 5) is 17.6. The van der Waals surface area contributed by atoms with Gasteiger partial charge in [-0.15, -0.1) is 0 Å². The van der Waals surface area contributed by atoms with Crippen LogP contribution in [0.3, 0.4) is 0 Å². The number of imidazole rings is 1. The average Bonchev–Trinajstić information content (AvgIpc) is 3.12. The molecule has 0 aliphatic rings. The van der Waals surface area contributed by atoms with Gasteiger partial charge in [-0.1, -0.05) is 50.8 Å². The fourth-order valence-electron chi connectivity index (χ4n) is 3.64. The predicted molar refractivity (Wildman–Crippen MR) is 117 cm³/mol. The first-order valence-electron chi connectivity index (χ1n) is 10.5. The summed E-state index contributed by atoms with van der Waals surface area (Å²) < 4.78 is 7.49. The van der Waals surface area contributed by atoms with Crippen LogP contribution in [0.25, 0.3) is 11.0 Å². The van der Waals surface area contributed by atoms with Crippen LogP contribution < -0.4 is 10.1 Å². The number of para-hydroxylation sites is 2. The van der Waals surface area contributed by atoms with Gasteiger partial charge in [0.25, 0.3) is 5.91 Å². The Balaban J connectivity index is 1.78. The zero-order valence-corrected chi connectivity index (χ0v) is 17.6. The molecule has 29 heavy (non-hydrogen) atoms. The van der Waals surface area contributed by atoms with Gasteiger partial charge in [0.1, 0.15) is 11.6 Å². The van der Waals surface area contributed by atoms with E-state index in [2.05, 4.69) is 22.9 Å². The van der Waals surface area contributed by atoms with Crippen molar-refractivity contribution >= 4 is 16.9 Å². The van der Waals surface area contributed by atoms with Crippen LogP contribution in [0.15, 0.2) is 48.5 Å². The maximum Gasteiger partial charge on any atom is 0.251 e. The molecule has 1 N–H and O–H groups in total. The van der Waals surface area contributed by atoms with E-state index in [9.17, 15) is 4.79 Å². The third-order valence-electron chi connectivity index (χ3n) is 5.24. The van der Waals surface area contributed by atoms with Gasteiger partial charge in [-0.25, -0.2) is 4.98 Å². The smallest absolute Gasteiger partial charge is 0.251 e. The summed E-state index contributed by atoms with van der Waals surface area (Å²) in [5.41, 5.74) is 2.68. The first-order valence-corrected chi connectivity index (χ1v) is 10.5. The van der Waals surface area contributed by atoms with Crippen molar-refractivity contribution in [2.75, 3.05) is 7.11 Å². The largest absolute Gasteiger partial charge is 0.497 e. The number of hydrogen-bond acceptors (Lipinski definition) is 3. The summed E-state index contributed by atoms with van der Waals surface area (Å²) in [6.07, 6.45) is 6.12. The lowest BCUT2D eigenvalue weighted by Crippen LogP contribution is -2.28. The Kier molecular flexibility index (Phi) is 7.28. The monoisotopic (exact) mass is 393 g/mol. The van der Waals surface area contributed by atoms with Crippen molar-refractivity contribution in [3.8, 4) is 5.75 Å². The maximum atomic E-state index is 12.8. The molecule has 1 heterocycles. The van der Waals surface area contributed by atoms with E-state index in [1.165, 1.54) is 25.7 Å². The summed E-state index contributed by atoms with van der Waals surface area (Å²) in [6, 6.07) is 15.2. The summed E-state index contributed by atoms with van der Waals surface area (Å²) in [6.45, 7) is 5.14. The molecule has 5 nitrogen and oxygen atoms in total. The lowest BCUT2D eigenvalue weighted by Gasteiger charge is -2.17. The van der Waals surface area contributed by atoms with E-state index < -0.39 is 0 Å². The highest BCUT2D eigenvalue weighted by Gasteiger charge is 2.19. The Bertz CT molecular complexity index is 948. The van der Waals surface area contributed by atoms with Crippen LogP contribution in [0, 0.1) is 0 Å². The lowest BCUT2D eigenvalue weighted by atomic mass is 10.1. The van der Waals surface area contributed by atoms with Gasteiger partial charge >= 0.3 is 0 Å². The second-order valence-corrected chi connectivity index (χ2v) is 7.45. The molecule has 154 valence electrons. The SMILES string of the molecule is CCCCCCCn1c(C(C)NC(=O)c2cccc(OC)c2)nc2ccccc21. The maximum absolute atomic E-state index is 12.8. The second kappa shape index (κ2) is 10.1. The number of amides is 1. The summed E-state index contributed by atoms with van der Waals surface area (Å²) in [5.74, 6) is 1.44. The predicted octanol–water partition coefficient (Wildman–Crippen LogP) is 5.51. The van der Waals surface area contributed by atoms with Crippen molar-refractivity contribution in [3.05, 3.63) is 59.9 Å². The van der Waals surface area contributed by atoms with Gasteiger partial charge in [0.05, 0.1) is 24.2 Å². The number of ether oxygens (including phenoxy) is 1. The molecule has 3 aromatic rings. The van der Waals surface area contributed by atoms with Crippen molar-refractivity contribution in [2.45, 2.75) is 58.5 Å². The van der Waals surface area contributed by atoms with E-state index in [4.69, 9.17) is 9.72 Å². The Morgan fingerprint density at radius 3 is 2.69 bits per heavy atom. The topological polar surface area (TPSA) is 56.2 Å². The average molecular weight is 394 g/mol. The molecule has 0 saturated heterocycles. The summed E-state index contributed by atoms with van der Waals surface area (Å²) in [7, 11) is 1.60. The van der Waals surface area contributed by atoms with Crippen LogP contribution in [-0.4, -0.2) is 22.6 Å². The van der Waals surface area contributed by atoms with E-state index >= 15 is 0 Å². The van der Waals surface area contributed by atoms with E-state index in [1.807, 2.05) is 37.3 Å². The molecule has 2 aromatic carbocycles. The fourth-order valence-corrected chi connectivity index (χ4v) is 3.64. The highest BCUT2D eigenvalue weighted by molar-refractivity contribution is 5.94. The van der Waals surface area contributed by atoms with Gasteiger partial charge in [-0.3, -0.25) is 4.79 Å². The van der Waals surface area contributed by atoms with Gasteiger partial charge in [0.15, 0.2) is 0 Å². The zero-order valence-electron chi connectivity index (χ0n) is 17.6. The molecule has 0 bridgehead atoms. The first kappa shape index (κ1) is 20.9. The summed E-state index contributed by atoms with van der Waals surface area (Å²) in [5, 5.41) is 3.10. The van der Waals surface area contributed by atoms with Crippen molar-refractivity contribution in [3.63, 3.8) is 0 Å². The molecule has 0 radical (unpaired) electrons. The van der Waals surface area contributed by atoms with Crippen LogP contribution in [0.5, 0.6) is 5.75 Å². The molecule has 0 saturated carbocycles. The Morgan fingerprint density at radius 2 is 1.90 bits per heavy atom. The third-order valence-corrected chi connectivity index (χ3v) is 5.24. The van der Waals surface area contributed by atoms with Crippen molar-refractivity contribution in [2.24, 2.45) is 0 Å². The number of rotatable bonds is 10. The molecule has 3 rings (SSSR count). The van der Waals surface area contributed by atoms with Crippen molar-refractivity contribution in [1.29, 1.82) is 0 Å². The highest BCUT2D eigenvalue weighted by atomic mass is 16.5. The summed E-state index contributed by atoms with van der Waals surface area (Å²) >= 11 is 0. The van der Waals surface area contributed by atoms with E-state index in [0.717, 1.165) is 29.8 Å². The van der Waals surface area contributed by atoms with Crippen molar-refractivity contribution in [1.82, 2.24) is 14.9 Å². The second-order valence-electron chi connectivity index (χ2n) is 7.45. The minimum Gasteiger partial charge on any atom is -0.497 e. The van der Waals surface area contributed by atoms with Gasteiger partial charge in [-0.2, -0.15) is 0 Å². The molecule has 1 aromatic heterocycles. The number of aryl methyl sites for hydroxylation is 1. The van der Waals surface area contributed by atoms with Crippen molar-refractivity contribution < 1.29 is 9.53 Å². The number of benzene rings is 2. The number of nitrogens with one attached hydrogen (secondary N) is 1. The number of fused-ring (bicyclic) bond motifs is 1.